The van der Waals surface area contributed by atoms with Crippen LogP contribution in [0.25, 0.3) is 0 Å². The van der Waals surface area contributed by atoms with Crippen molar-refractivity contribution >= 4 is 22.9 Å². The Kier molecular flexibility index (Phi) is 4.63. The summed E-state index contributed by atoms with van der Waals surface area (Å²) in [6.07, 6.45) is 1.02. The van der Waals surface area contributed by atoms with Gasteiger partial charge in [-0.25, -0.2) is 0 Å². The quantitative estimate of drug-likeness (QED) is 0.832. The van der Waals surface area contributed by atoms with Gasteiger partial charge in [-0.2, -0.15) is 0 Å². The number of amides is 1. The van der Waals surface area contributed by atoms with Gasteiger partial charge in [0.1, 0.15) is 5.75 Å². The van der Waals surface area contributed by atoms with E-state index in [0.29, 0.717) is 23.5 Å². The van der Waals surface area contributed by atoms with Crippen LogP contribution < -0.4 is 15.8 Å². The van der Waals surface area contributed by atoms with Gasteiger partial charge in [0.15, 0.2) is 0 Å². The largest absolute Gasteiger partial charge is 0.496 e. The first-order valence-electron chi connectivity index (χ1n) is 6.43. The molecule has 0 radical (unpaired) electrons. The zero-order valence-corrected chi connectivity index (χ0v) is 12.4. The van der Waals surface area contributed by atoms with Crippen LogP contribution in [0, 0.1) is 0 Å². The van der Waals surface area contributed by atoms with Crippen LogP contribution in [0.15, 0.2) is 30.3 Å². The molecule has 1 heterocycles. The number of thiophene rings is 1. The molecule has 20 heavy (non-hydrogen) atoms. The van der Waals surface area contributed by atoms with Gasteiger partial charge in [-0.15, -0.1) is 11.3 Å². The number of ether oxygens (including phenoxy) is 1. The van der Waals surface area contributed by atoms with Crippen LogP contribution in [-0.2, 0) is 13.0 Å². The summed E-state index contributed by atoms with van der Waals surface area (Å²) >= 11 is 1.72. The maximum Gasteiger partial charge on any atom is 0.255 e. The minimum Gasteiger partial charge on any atom is -0.496 e. The molecule has 1 aromatic carbocycles. The van der Waals surface area contributed by atoms with E-state index >= 15 is 0 Å². The van der Waals surface area contributed by atoms with E-state index in [9.17, 15) is 4.79 Å². The second kappa shape index (κ2) is 6.43. The zero-order valence-electron chi connectivity index (χ0n) is 11.6. The fourth-order valence-electron chi connectivity index (χ4n) is 1.87. The third kappa shape index (κ3) is 3.30. The van der Waals surface area contributed by atoms with Crippen LogP contribution in [0.5, 0.6) is 5.75 Å². The molecule has 0 fully saturated rings. The predicted octanol–water partition coefficient (Wildman–Crippen LogP) is 2.83. The van der Waals surface area contributed by atoms with Crippen LogP contribution in [0.2, 0.25) is 0 Å². The maximum absolute atomic E-state index is 12.2. The molecule has 0 unspecified atom stereocenters. The molecule has 2 aromatic rings. The Morgan fingerprint density at radius 2 is 2.05 bits per heavy atom. The Morgan fingerprint density at radius 3 is 2.70 bits per heavy atom. The molecule has 0 bridgehead atoms. The number of hydrogen-bond donors (Lipinski definition) is 2. The lowest BCUT2D eigenvalue weighted by Crippen LogP contribution is -2.22. The number of methoxy groups -OCH3 is 1. The van der Waals surface area contributed by atoms with E-state index in [1.807, 2.05) is 6.07 Å². The Hall–Kier alpha value is -2.01. The number of nitrogens with one attached hydrogen (secondary N) is 1. The van der Waals surface area contributed by atoms with Crippen molar-refractivity contribution < 1.29 is 9.53 Å². The minimum absolute atomic E-state index is 0.159. The topological polar surface area (TPSA) is 64.4 Å². The number of anilines is 1. The highest BCUT2D eigenvalue weighted by molar-refractivity contribution is 7.11. The van der Waals surface area contributed by atoms with Gasteiger partial charge in [-0.3, -0.25) is 4.79 Å². The minimum atomic E-state index is -0.159. The number of benzene rings is 1. The van der Waals surface area contributed by atoms with E-state index in [2.05, 4.69) is 18.3 Å². The monoisotopic (exact) mass is 290 g/mol. The van der Waals surface area contributed by atoms with E-state index < -0.39 is 0 Å². The normalized spacial score (nSPS) is 10.3. The molecule has 0 aliphatic rings. The summed E-state index contributed by atoms with van der Waals surface area (Å²) in [5, 5.41) is 2.90. The first kappa shape index (κ1) is 14.4. The fourth-order valence-corrected chi connectivity index (χ4v) is 2.76. The molecule has 0 aliphatic heterocycles. The van der Waals surface area contributed by atoms with Crippen LogP contribution in [0.1, 0.15) is 27.0 Å². The standard InChI is InChI=1S/C15H18N2O2S/c1-3-11-5-6-12(20-11)9-17-15(18)13-7-4-10(16)8-14(13)19-2/h4-8H,3,9,16H2,1-2H3,(H,17,18). The molecule has 0 aliphatic carbocycles. The molecule has 1 amide bonds. The van der Waals surface area contributed by atoms with Crippen molar-refractivity contribution in [2.75, 3.05) is 12.8 Å². The average molecular weight is 290 g/mol. The molecule has 5 heteroatoms. The first-order valence-corrected chi connectivity index (χ1v) is 7.25. The van der Waals surface area contributed by atoms with Gasteiger partial charge in [-0.05, 0) is 30.7 Å². The summed E-state index contributed by atoms with van der Waals surface area (Å²) in [5.41, 5.74) is 6.74. The summed E-state index contributed by atoms with van der Waals surface area (Å²) < 4.78 is 5.18. The number of carbonyl (C=O) groups excluding carboxylic acids is 1. The Bertz CT molecular complexity index is 608. The molecular formula is C15H18N2O2S. The molecule has 106 valence electrons. The number of rotatable bonds is 5. The molecule has 0 spiro atoms. The van der Waals surface area contributed by atoms with Gasteiger partial charge in [-0.1, -0.05) is 6.92 Å². The molecule has 2 rings (SSSR count). The first-order chi connectivity index (χ1) is 9.63. The fraction of sp³-hybridized carbons (Fsp3) is 0.267. The SMILES string of the molecule is CCc1ccc(CNC(=O)c2ccc(N)cc2OC)s1. The van der Waals surface area contributed by atoms with Crippen molar-refractivity contribution in [2.24, 2.45) is 0 Å². The van der Waals surface area contributed by atoms with Crippen LogP contribution >= 0.6 is 11.3 Å². The predicted molar refractivity (Wildman–Crippen MR) is 82.3 cm³/mol. The third-order valence-electron chi connectivity index (χ3n) is 2.96. The highest BCUT2D eigenvalue weighted by atomic mass is 32.1. The van der Waals surface area contributed by atoms with E-state index in [1.54, 1.807) is 29.5 Å². The lowest BCUT2D eigenvalue weighted by molar-refractivity contribution is 0.0948. The van der Waals surface area contributed by atoms with Crippen molar-refractivity contribution in [3.63, 3.8) is 0 Å². The van der Waals surface area contributed by atoms with Gasteiger partial charge >= 0.3 is 0 Å². The van der Waals surface area contributed by atoms with E-state index in [-0.39, 0.29) is 5.91 Å². The zero-order chi connectivity index (χ0) is 14.5. The highest BCUT2D eigenvalue weighted by Gasteiger charge is 2.12. The maximum atomic E-state index is 12.2. The molecule has 0 saturated heterocycles. The van der Waals surface area contributed by atoms with Gasteiger partial charge < -0.3 is 15.8 Å². The number of nitrogen functional groups attached to an aromatic ring is 1. The van der Waals surface area contributed by atoms with Crippen molar-refractivity contribution in [1.82, 2.24) is 5.32 Å². The van der Waals surface area contributed by atoms with Crippen molar-refractivity contribution in [3.05, 3.63) is 45.6 Å². The van der Waals surface area contributed by atoms with E-state index in [1.165, 1.54) is 12.0 Å². The van der Waals surface area contributed by atoms with Gasteiger partial charge in [0.2, 0.25) is 0 Å². The molecule has 0 saturated carbocycles. The molecule has 0 atom stereocenters. The molecule has 4 nitrogen and oxygen atoms in total. The second-order valence-electron chi connectivity index (χ2n) is 4.36. The van der Waals surface area contributed by atoms with Gasteiger partial charge in [0.05, 0.1) is 19.2 Å². The summed E-state index contributed by atoms with van der Waals surface area (Å²) in [6.45, 7) is 2.64. The molecule has 3 N–H and O–H groups in total. The number of carbonyl (C=O) groups is 1. The average Bonchev–Trinajstić information content (AvgIpc) is 2.92. The highest BCUT2D eigenvalue weighted by Crippen LogP contribution is 2.22. The third-order valence-corrected chi connectivity index (χ3v) is 4.19. The lowest BCUT2D eigenvalue weighted by atomic mass is 10.1. The summed E-state index contributed by atoms with van der Waals surface area (Å²) in [7, 11) is 1.53. The van der Waals surface area contributed by atoms with E-state index in [4.69, 9.17) is 10.5 Å². The van der Waals surface area contributed by atoms with Gasteiger partial charge in [0, 0.05) is 21.5 Å². The van der Waals surface area contributed by atoms with Crippen LogP contribution in [-0.4, -0.2) is 13.0 Å². The number of nitrogens with two attached hydrogens (primary N) is 1. The Morgan fingerprint density at radius 1 is 1.30 bits per heavy atom. The molecular weight excluding hydrogens is 272 g/mol. The Balaban J connectivity index is 2.04. The number of aryl methyl sites for hydroxylation is 1. The van der Waals surface area contributed by atoms with Crippen molar-refractivity contribution in [2.45, 2.75) is 19.9 Å². The Labute approximate surface area is 122 Å². The van der Waals surface area contributed by atoms with Crippen LogP contribution in [0.3, 0.4) is 0 Å². The van der Waals surface area contributed by atoms with E-state index in [0.717, 1.165) is 11.3 Å². The summed E-state index contributed by atoms with van der Waals surface area (Å²) in [4.78, 5) is 14.6. The summed E-state index contributed by atoms with van der Waals surface area (Å²) in [6, 6.07) is 9.16. The van der Waals surface area contributed by atoms with Gasteiger partial charge in [0.25, 0.3) is 5.91 Å². The smallest absolute Gasteiger partial charge is 0.255 e. The van der Waals surface area contributed by atoms with Crippen molar-refractivity contribution in [3.8, 4) is 5.75 Å². The number of hydrogen-bond acceptors (Lipinski definition) is 4. The second-order valence-corrected chi connectivity index (χ2v) is 5.62. The summed E-state index contributed by atoms with van der Waals surface area (Å²) in [5.74, 6) is 0.330. The molecule has 1 aromatic heterocycles. The lowest BCUT2D eigenvalue weighted by Gasteiger charge is -2.09. The van der Waals surface area contributed by atoms with Crippen molar-refractivity contribution in [1.29, 1.82) is 0 Å². The van der Waals surface area contributed by atoms with Crippen LogP contribution in [0.4, 0.5) is 5.69 Å².